The van der Waals surface area contributed by atoms with Crippen molar-refractivity contribution >= 4 is 17.5 Å². The molecule has 0 bridgehead atoms. The number of hydrogen-bond acceptors (Lipinski definition) is 2. The maximum absolute atomic E-state index is 14.0. The number of amides is 1. The molecular weight excluding hydrogens is 341 g/mol. The highest BCUT2D eigenvalue weighted by Crippen LogP contribution is 2.27. The summed E-state index contributed by atoms with van der Waals surface area (Å²) in [5.74, 6) is -0.292. The fourth-order valence-corrected chi connectivity index (χ4v) is 3.36. The molecule has 0 spiro atoms. The molecule has 0 radical (unpaired) electrons. The molecule has 3 rings (SSSR count). The van der Waals surface area contributed by atoms with E-state index in [2.05, 4.69) is 5.32 Å². The highest BCUT2D eigenvalue weighted by atomic mass is 35.5. The summed E-state index contributed by atoms with van der Waals surface area (Å²) in [6, 6.07) is 12.4. The van der Waals surface area contributed by atoms with Crippen LogP contribution in [0.15, 0.2) is 42.5 Å². The second kappa shape index (κ2) is 7.98. The zero-order valence-corrected chi connectivity index (χ0v) is 14.9. The monoisotopic (exact) mass is 361 g/mol. The van der Waals surface area contributed by atoms with Crippen LogP contribution in [0, 0.1) is 11.7 Å². The smallest absolute Gasteiger partial charge is 0.225 e. The van der Waals surface area contributed by atoms with Crippen molar-refractivity contribution in [3.63, 3.8) is 0 Å². The summed E-state index contributed by atoms with van der Waals surface area (Å²) in [6.07, 6.45) is 1.54. The van der Waals surface area contributed by atoms with Gasteiger partial charge in [0.1, 0.15) is 5.82 Å². The van der Waals surface area contributed by atoms with Crippen molar-refractivity contribution in [2.75, 3.05) is 13.2 Å². The van der Waals surface area contributed by atoms with Crippen LogP contribution in [0.3, 0.4) is 0 Å². The molecular formula is C20H21ClFNO2. The average molecular weight is 362 g/mol. The summed E-state index contributed by atoms with van der Waals surface area (Å²) < 4.78 is 19.3. The van der Waals surface area contributed by atoms with Crippen LogP contribution in [0.2, 0.25) is 5.02 Å². The standard InChI is InChI=1S/C20H21ClFNO2/c1-2-25-12-15-10-17(23-20(15)24)9-13-3-5-14(6-4-13)18-11-16(21)7-8-19(18)22/h3-8,11,15,17H,2,9-10,12H2,1H3,(H,23,24)/t15?,17-/m1/s1. The van der Waals surface area contributed by atoms with Gasteiger partial charge in [-0.2, -0.15) is 0 Å². The van der Waals surface area contributed by atoms with Crippen LogP contribution in [0.1, 0.15) is 18.9 Å². The molecule has 1 unspecified atom stereocenters. The second-order valence-electron chi connectivity index (χ2n) is 6.32. The Balaban J connectivity index is 1.65. The number of rotatable bonds is 6. The first kappa shape index (κ1) is 17.9. The lowest BCUT2D eigenvalue weighted by Gasteiger charge is -2.11. The van der Waals surface area contributed by atoms with E-state index in [4.69, 9.17) is 16.3 Å². The van der Waals surface area contributed by atoms with E-state index >= 15 is 0 Å². The SMILES string of the molecule is CCOCC1C[C@@H](Cc2ccc(-c3cc(Cl)ccc3F)cc2)NC1=O. The Kier molecular flexibility index (Phi) is 5.71. The van der Waals surface area contributed by atoms with Gasteiger partial charge in [0.2, 0.25) is 5.91 Å². The Morgan fingerprint density at radius 2 is 2.00 bits per heavy atom. The van der Waals surface area contributed by atoms with E-state index in [1.807, 2.05) is 31.2 Å². The normalized spacial score (nSPS) is 19.9. The van der Waals surface area contributed by atoms with Crippen LogP contribution in [0.4, 0.5) is 4.39 Å². The lowest BCUT2D eigenvalue weighted by atomic mass is 9.98. The van der Waals surface area contributed by atoms with Gasteiger partial charge >= 0.3 is 0 Å². The van der Waals surface area contributed by atoms with E-state index in [0.717, 1.165) is 24.0 Å². The summed E-state index contributed by atoms with van der Waals surface area (Å²) in [5.41, 5.74) is 2.38. The molecule has 1 fully saturated rings. The van der Waals surface area contributed by atoms with Crippen LogP contribution in [-0.4, -0.2) is 25.2 Å². The number of carbonyl (C=O) groups is 1. The maximum atomic E-state index is 14.0. The molecule has 1 aliphatic heterocycles. The molecule has 2 aromatic rings. The summed E-state index contributed by atoms with van der Waals surface area (Å²) in [7, 11) is 0. The third-order valence-electron chi connectivity index (χ3n) is 4.48. The average Bonchev–Trinajstić information content (AvgIpc) is 2.95. The molecule has 2 aromatic carbocycles. The first-order valence-corrected chi connectivity index (χ1v) is 8.87. The van der Waals surface area contributed by atoms with Gasteiger partial charge in [-0.05, 0) is 49.1 Å². The molecule has 3 nitrogen and oxygen atoms in total. The zero-order chi connectivity index (χ0) is 17.8. The van der Waals surface area contributed by atoms with E-state index in [9.17, 15) is 9.18 Å². The van der Waals surface area contributed by atoms with Crippen molar-refractivity contribution in [2.45, 2.75) is 25.8 Å². The van der Waals surface area contributed by atoms with E-state index in [0.29, 0.717) is 23.8 Å². The van der Waals surface area contributed by atoms with Crippen molar-refractivity contribution < 1.29 is 13.9 Å². The van der Waals surface area contributed by atoms with Crippen LogP contribution in [-0.2, 0) is 16.0 Å². The molecule has 132 valence electrons. The summed E-state index contributed by atoms with van der Waals surface area (Å²) >= 11 is 5.96. The van der Waals surface area contributed by atoms with Gasteiger partial charge < -0.3 is 10.1 Å². The Morgan fingerprint density at radius 3 is 2.72 bits per heavy atom. The minimum atomic E-state index is -0.293. The van der Waals surface area contributed by atoms with Crippen molar-refractivity contribution in [2.24, 2.45) is 5.92 Å². The molecule has 1 amide bonds. The molecule has 25 heavy (non-hydrogen) atoms. The number of benzene rings is 2. The Bertz CT molecular complexity index is 748. The van der Waals surface area contributed by atoms with Crippen molar-refractivity contribution in [1.82, 2.24) is 5.32 Å². The number of halogens is 2. The summed E-state index contributed by atoms with van der Waals surface area (Å²) in [4.78, 5) is 11.9. The van der Waals surface area contributed by atoms with Gasteiger partial charge in [0.05, 0.1) is 12.5 Å². The molecule has 0 aliphatic carbocycles. The van der Waals surface area contributed by atoms with Crippen LogP contribution < -0.4 is 5.32 Å². The zero-order valence-electron chi connectivity index (χ0n) is 14.1. The minimum absolute atomic E-state index is 0.0650. The van der Waals surface area contributed by atoms with E-state index < -0.39 is 0 Å². The van der Waals surface area contributed by atoms with Gasteiger partial charge in [0, 0.05) is 23.2 Å². The molecule has 1 N–H and O–H groups in total. The topological polar surface area (TPSA) is 38.3 Å². The first-order chi connectivity index (χ1) is 12.1. The third kappa shape index (κ3) is 4.39. The molecule has 1 saturated heterocycles. The minimum Gasteiger partial charge on any atom is -0.381 e. The number of hydrogen-bond donors (Lipinski definition) is 1. The Morgan fingerprint density at radius 1 is 1.24 bits per heavy atom. The summed E-state index contributed by atoms with van der Waals surface area (Å²) in [6.45, 7) is 3.02. The van der Waals surface area contributed by atoms with Crippen LogP contribution in [0.5, 0.6) is 0 Å². The van der Waals surface area contributed by atoms with Gasteiger partial charge in [0.15, 0.2) is 0 Å². The predicted octanol–water partition coefficient (Wildman–Crippen LogP) is 4.23. The fraction of sp³-hybridized carbons (Fsp3) is 0.350. The molecule has 2 atom stereocenters. The second-order valence-corrected chi connectivity index (χ2v) is 6.76. The van der Waals surface area contributed by atoms with Crippen LogP contribution >= 0.6 is 11.6 Å². The number of nitrogens with one attached hydrogen (secondary N) is 1. The molecule has 1 aliphatic rings. The van der Waals surface area contributed by atoms with E-state index in [-0.39, 0.29) is 23.7 Å². The van der Waals surface area contributed by atoms with Gasteiger partial charge in [-0.3, -0.25) is 4.79 Å². The Hall–Kier alpha value is -1.91. The van der Waals surface area contributed by atoms with Gasteiger partial charge in [0.25, 0.3) is 0 Å². The number of ether oxygens (including phenoxy) is 1. The van der Waals surface area contributed by atoms with Gasteiger partial charge in [-0.25, -0.2) is 4.39 Å². The molecule has 5 heteroatoms. The van der Waals surface area contributed by atoms with Crippen LogP contribution in [0.25, 0.3) is 11.1 Å². The quantitative estimate of drug-likeness (QED) is 0.836. The largest absolute Gasteiger partial charge is 0.381 e. The molecule has 1 heterocycles. The van der Waals surface area contributed by atoms with E-state index in [1.54, 1.807) is 6.07 Å². The highest BCUT2D eigenvalue weighted by Gasteiger charge is 2.31. The third-order valence-corrected chi connectivity index (χ3v) is 4.72. The lowest BCUT2D eigenvalue weighted by molar-refractivity contribution is -0.124. The molecule has 0 saturated carbocycles. The lowest BCUT2D eigenvalue weighted by Crippen LogP contribution is -2.28. The number of carbonyl (C=O) groups excluding carboxylic acids is 1. The predicted molar refractivity (Wildman–Crippen MR) is 97.1 cm³/mol. The van der Waals surface area contributed by atoms with Crippen molar-refractivity contribution in [3.05, 3.63) is 58.9 Å². The van der Waals surface area contributed by atoms with E-state index in [1.165, 1.54) is 12.1 Å². The van der Waals surface area contributed by atoms with Crippen molar-refractivity contribution in [3.8, 4) is 11.1 Å². The van der Waals surface area contributed by atoms with Gasteiger partial charge in [-0.15, -0.1) is 0 Å². The summed E-state index contributed by atoms with van der Waals surface area (Å²) in [5, 5.41) is 3.54. The fourth-order valence-electron chi connectivity index (χ4n) is 3.19. The van der Waals surface area contributed by atoms with Crippen molar-refractivity contribution in [1.29, 1.82) is 0 Å². The molecule has 0 aromatic heterocycles. The Labute approximate surface area is 152 Å². The first-order valence-electron chi connectivity index (χ1n) is 8.49. The van der Waals surface area contributed by atoms with Gasteiger partial charge in [-0.1, -0.05) is 35.9 Å². The highest BCUT2D eigenvalue weighted by molar-refractivity contribution is 6.30. The maximum Gasteiger partial charge on any atom is 0.225 e.